The van der Waals surface area contributed by atoms with Crippen molar-refractivity contribution in [3.63, 3.8) is 0 Å². The lowest BCUT2D eigenvalue weighted by molar-refractivity contribution is -0.119. The fourth-order valence-electron chi connectivity index (χ4n) is 2.79. The molecular formula is C17H16BrClN2O3S. The Bertz CT molecular complexity index is 870. The number of nitrogens with zero attached hydrogens (tertiary/aromatic N) is 1. The molecule has 1 N–H and O–H groups in total. The Morgan fingerprint density at radius 1 is 1.12 bits per heavy atom. The van der Waals surface area contributed by atoms with Gasteiger partial charge in [-0.1, -0.05) is 27.5 Å². The maximum Gasteiger partial charge on any atom is 0.243 e. The lowest BCUT2D eigenvalue weighted by Crippen LogP contribution is -2.43. The third kappa shape index (κ3) is 4.06. The van der Waals surface area contributed by atoms with Crippen LogP contribution < -0.4 is 5.32 Å². The molecule has 8 heteroatoms. The molecule has 2 aromatic rings. The Kier molecular flexibility index (Phi) is 5.48. The van der Waals surface area contributed by atoms with E-state index in [1.807, 2.05) is 0 Å². The highest BCUT2D eigenvalue weighted by molar-refractivity contribution is 9.10. The summed E-state index contributed by atoms with van der Waals surface area (Å²) in [5.74, 6) is -0.333. The summed E-state index contributed by atoms with van der Waals surface area (Å²) in [5.41, 5.74) is 0.585. The number of anilines is 1. The average Bonchev–Trinajstić information content (AvgIpc) is 3.08. The minimum Gasteiger partial charge on any atom is -0.325 e. The van der Waals surface area contributed by atoms with Gasteiger partial charge in [-0.25, -0.2) is 8.42 Å². The van der Waals surface area contributed by atoms with Crippen molar-refractivity contribution in [1.82, 2.24) is 4.31 Å². The number of sulfonamides is 1. The van der Waals surface area contributed by atoms with Crippen LogP contribution in [0.25, 0.3) is 0 Å². The number of halogens is 2. The van der Waals surface area contributed by atoms with Gasteiger partial charge in [0.2, 0.25) is 15.9 Å². The maximum absolute atomic E-state index is 12.9. The van der Waals surface area contributed by atoms with Gasteiger partial charge in [-0.3, -0.25) is 4.79 Å². The molecule has 0 aromatic heterocycles. The van der Waals surface area contributed by atoms with E-state index in [0.29, 0.717) is 30.1 Å². The first-order chi connectivity index (χ1) is 11.9. The molecule has 25 heavy (non-hydrogen) atoms. The van der Waals surface area contributed by atoms with Crippen LogP contribution in [0.3, 0.4) is 0 Å². The zero-order valence-electron chi connectivity index (χ0n) is 13.2. The molecule has 1 unspecified atom stereocenters. The summed E-state index contributed by atoms with van der Waals surface area (Å²) < 4.78 is 27.8. The highest BCUT2D eigenvalue weighted by Gasteiger charge is 2.39. The van der Waals surface area contributed by atoms with E-state index >= 15 is 0 Å². The van der Waals surface area contributed by atoms with Gasteiger partial charge in [-0.2, -0.15) is 4.31 Å². The summed E-state index contributed by atoms with van der Waals surface area (Å²) in [4.78, 5) is 12.8. The Hall–Kier alpha value is -1.41. The van der Waals surface area contributed by atoms with Crippen LogP contribution in [0.15, 0.2) is 57.9 Å². The van der Waals surface area contributed by atoms with Gasteiger partial charge in [0, 0.05) is 21.7 Å². The number of carbonyl (C=O) groups is 1. The monoisotopic (exact) mass is 442 g/mol. The second kappa shape index (κ2) is 7.45. The van der Waals surface area contributed by atoms with Crippen LogP contribution in [0.2, 0.25) is 5.02 Å². The molecule has 3 rings (SSSR count). The Balaban J connectivity index is 1.80. The maximum atomic E-state index is 12.9. The number of hydrogen-bond acceptors (Lipinski definition) is 3. The van der Waals surface area contributed by atoms with Gasteiger partial charge in [0.25, 0.3) is 0 Å². The minimum atomic E-state index is -3.72. The summed E-state index contributed by atoms with van der Waals surface area (Å²) in [5, 5.41) is 3.33. The van der Waals surface area contributed by atoms with E-state index in [4.69, 9.17) is 11.6 Å². The van der Waals surface area contributed by atoms with Crippen molar-refractivity contribution in [2.75, 3.05) is 11.9 Å². The van der Waals surface area contributed by atoms with Crippen molar-refractivity contribution >= 4 is 49.1 Å². The molecule has 5 nitrogen and oxygen atoms in total. The number of benzene rings is 2. The van der Waals surface area contributed by atoms with Crippen LogP contribution >= 0.6 is 27.5 Å². The first-order valence-corrected chi connectivity index (χ1v) is 10.3. The van der Waals surface area contributed by atoms with Crippen molar-refractivity contribution < 1.29 is 13.2 Å². The average molecular weight is 444 g/mol. The normalized spacial score (nSPS) is 18.2. The van der Waals surface area contributed by atoms with E-state index in [2.05, 4.69) is 21.2 Å². The van der Waals surface area contributed by atoms with Gasteiger partial charge < -0.3 is 5.32 Å². The van der Waals surface area contributed by atoms with Crippen LogP contribution in [-0.2, 0) is 14.8 Å². The predicted octanol–water partition coefficient (Wildman–Crippen LogP) is 3.89. The van der Waals surface area contributed by atoms with Gasteiger partial charge >= 0.3 is 0 Å². The van der Waals surface area contributed by atoms with Crippen molar-refractivity contribution in [3.05, 3.63) is 58.0 Å². The number of nitrogens with one attached hydrogen (secondary N) is 1. The molecule has 1 aliphatic heterocycles. The highest BCUT2D eigenvalue weighted by atomic mass is 79.9. The predicted molar refractivity (Wildman–Crippen MR) is 101 cm³/mol. The number of amides is 1. The molecule has 2 aromatic carbocycles. The zero-order chi connectivity index (χ0) is 18.0. The molecule has 1 aliphatic rings. The van der Waals surface area contributed by atoms with Gasteiger partial charge in [-0.15, -0.1) is 0 Å². The van der Waals surface area contributed by atoms with Crippen LogP contribution in [0, 0.1) is 0 Å². The van der Waals surface area contributed by atoms with E-state index in [0.717, 1.165) is 4.47 Å². The van der Waals surface area contributed by atoms with Crippen molar-refractivity contribution in [3.8, 4) is 0 Å². The van der Waals surface area contributed by atoms with Crippen molar-refractivity contribution in [2.45, 2.75) is 23.8 Å². The van der Waals surface area contributed by atoms with E-state index in [1.54, 1.807) is 36.4 Å². The number of rotatable bonds is 4. The topological polar surface area (TPSA) is 66.5 Å². The molecule has 1 saturated heterocycles. The molecule has 0 bridgehead atoms. The van der Waals surface area contributed by atoms with Gasteiger partial charge in [0.1, 0.15) is 6.04 Å². The summed E-state index contributed by atoms with van der Waals surface area (Å²) in [6.07, 6.45) is 1.14. The summed E-state index contributed by atoms with van der Waals surface area (Å²) in [6.45, 7) is 0.330. The van der Waals surface area contributed by atoms with Crippen LogP contribution in [0.4, 0.5) is 5.69 Å². The molecular weight excluding hydrogens is 428 g/mol. The summed E-state index contributed by atoms with van der Waals surface area (Å²) >= 11 is 9.12. The standard InChI is InChI=1S/C17H16BrClN2O3S/c18-12-3-9-15(10-4-12)25(23,24)21-11-1-2-16(21)17(22)20-14-7-5-13(19)6-8-14/h3-10,16H,1-2,11H2,(H,20,22). The van der Waals surface area contributed by atoms with E-state index in [9.17, 15) is 13.2 Å². The molecule has 132 valence electrons. The second-order valence-electron chi connectivity index (χ2n) is 5.72. The zero-order valence-corrected chi connectivity index (χ0v) is 16.3. The molecule has 1 amide bonds. The molecule has 1 heterocycles. The van der Waals surface area contributed by atoms with Crippen LogP contribution in [0.1, 0.15) is 12.8 Å². The molecule has 0 spiro atoms. The van der Waals surface area contributed by atoms with Crippen LogP contribution in [0.5, 0.6) is 0 Å². The smallest absolute Gasteiger partial charge is 0.243 e. The van der Waals surface area contributed by atoms with E-state index < -0.39 is 16.1 Å². The van der Waals surface area contributed by atoms with Crippen LogP contribution in [-0.4, -0.2) is 31.2 Å². The third-order valence-corrected chi connectivity index (χ3v) is 6.74. The number of carbonyl (C=O) groups excluding carboxylic acids is 1. The fraction of sp³-hybridized carbons (Fsp3) is 0.235. The minimum absolute atomic E-state index is 0.182. The second-order valence-corrected chi connectivity index (χ2v) is 8.97. The molecule has 0 saturated carbocycles. The lowest BCUT2D eigenvalue weighted by Gasteiger charge is -2.23. The SMILES string of the molecule is O=C(Nc1ccc(Cl)cc1)C1CCCN1S(=O)(=O)c1ccc(Br)cc1. The van der Waals surface area contributed by atoms with E-state index in [1.165, 1.54) is 16.4 Å². The highest BCUT2D eigenvalue weighted by Crippen LogP contribution is 2.28. The lowest BCUT2D eigenvalue weighted by atomic mass is 10.2. The first-order valence-electron chi connectivity index (χ1n) is 7.72. The molecule has 0 aliphatic carbocycles. The Morgan fingerprint density at radius 3 is 2.40 bits per heavy atom. The third-order valence-electron chi connectivity index (χ3n) is 4.04. The Morgan fingerprint density at radius 2 is 1.76 bits per heavy atom. The van der Waals surface area contributed by atoms with Gasteiger partial charge in [-0.05, 0) is 61.4 Å². The van der Waals surface area contributed by atoms with Gasteiger partial charge in [0.05, 0.1) is 4.90 Å². The summed E-state index contributed by atoms with van der Waals surface area (Å²) in [6, 6.07) is 12.4. The molecule has 1 fully saturated rings. The molecule has 0 radical (unpaired) electrons. The quantitative estimate of drug-likeness (QED) is 0.779. The van der Waals surface area contributed by atoms with Crippen molar-refractivity contribution in [1.29, 1.82) is 0 Å². The van der Waals surface area contributed by atoms with E-state index in [-0.39, 0.29) is 10.8 Å². The Labute approximate surface area is 160 Å². The fourth-order valence-corrected chi connectivity index (χ4v) is 4.84. The number of hydrogen-bond donors (Lipinski definition) is 1. The largest absolute Gasteiger partial charge is 0.325 e. The van der Waals surface area contributed by atoms with Crippen molar-refractivity contribution in [2.24, 2.45) is 0 Å². The molecule has 1 atom stereocenters. The first kappa shape index (κ1) is 18.4. The summed E-state index contributed by atoms with van der Waals surface area (Å²) in [7, 11) is -3.72. The van der Waals surface area contributed by atoms with Gasteiger partial charge in [0.15, 0.2) is 0 Å².